The zero-order valence-corrected chi connectivity index (χ0v) is 7.93. The Morgan fingerprint density at radius 1 is 1.50 bits per heavy atom. The summed E-state index contributed by atoms with van der Waals surface area (Å²) in [7, 11) is -0.663. The van der Waals surface area contributed by atoms with Crippen LogP contribution in [0, 0.1) is 0 Å². The largest absolute Gasteiger partial charge is 0.382 e. The molecule has 1 atom stereocenters. The minimum Gasteiger partial charge on any atom is -0.382 e. The minimum absolute atomic E-state index is 0.114. The van der Waals surface area contributed by atoms with Gasteiger partial charge in [0.1, 0.15) is 0 Å². The molecule has 0 saturated heterocycles. The molecule has 0 aliphatic rings. The number of hydrogen-bond acceptors (Lipinski definition) is 4. The van der Waals surface area contributed by atoms with Crippen molar-refractivity contribution in [3.8, 4) is 0 Å². The van der Waals surface area contributed by atoms with Gasteiger partial charge in [0.2, 0.25) is 0 Å². The van der Waals surface area contributed by atoms with Crippen LogP contribution in [0.2, 0.25) is 0 Å². The highest BCUT2D eigenvalue weighted by molar-refractivity contribution is 7.87. The van der Waals surface area contributed by atoms with Crippen LogP contribution in [0.1, 0.15) is 0 Å². The zero-order valence-electron chi connectivity index (χ0n) is 7.11. The Bertz CT molecular complexity index is 203. The van der Waals surface area contributed by atoms with E-state index in [1.54, 1.807) is 0 Å². The summed E-state index contributed by atoms with van der Waals surface area (Å²) in [5.41, 5.74) is 0. The Balaban J connectivity index is 3.73. The molecule has 0 spiro atoms. The van der Waals surface area contributed by atoms with Crippen molar-refractivity contribution >= 4 is 10.2 Å². The van der Waals surface area contributed by atoms with E-state index >= 15 is 0 Å². The Morgan fingerprint density at radius 2 is 2.08 bits per heavy atom. The number of rotatable bonds is 6. The molecule has 0 heterocycles. The van der Waals surface area contributed by atoms with Gasteiger partial charge < -0.3 is 9.47 Å². The standard InChI is InChI=1S/C5H14N2O4S/c1-10-4-5(11-2)3-7-12(6,8)9/h5,7H,3-4H2,1-2H3,(H2,6,8,9). The number of nitrogens with one attached hydrogen (secondary N) is 1. The SMILES string of the molecule is COCC(CNS(N)(=O)=O)OC. The summed E-state index contributed by atoms with van der Waals surface area (Å²) in [6.07, 6.45) is -0.312. The Morgan fingerprint density at radius 3 is 2.42 bits per heavy atom. The van der Waals surface area contributed by atoms with Crippen LogP contribution < -0.4 is 9.86 Å². The van der Waals surface area contributed by atoms with Crippen molar-refractivity contribution in [3.63, 3.8) is 0 Å². The predicted molar refractivity (Wildman–Crippen MR) is 43.8 cm³/mol. The van der Waals surface area contributed by atoms with Crippen LogP contribution in [0.3, 0.4) is 0 Å². The van der Waals surface area contributed by atoms with Gasteiger partial charge in [-0.3, -0.25) is 0 Å². The van der Waals surface area contributed by atoms with Crippen molar-refractivity contribution in [1.29, 1.82) is 0 Å². The number of nitrogens with two attached hydrogens (primary N) is 1. The van der Waals surface area contributed by atoms with Crippen LogP contribution >= 0.6 is 0 Å². The van der Waals surface area contributed by atoms with Crippen molar-refractivity contribution in [2.75, 3.05) is 27.4 Å². The fourth-order valence-electron chi connectivity index (χ4n) is 0.605. The average molecular weight is 198 g/mol. The molecule has 7 heteroatoms. The van der Waals surface area contributed by atoms with E-state index in [1.165, 1.54) is 14.2 Å². The Kier molecular flexibility index (Phi) is 5.34. The van der Waals surface area contributed by atoms with Crippen molar-refractivity contribution in [2.24, 2.45) is 5.14 Å². The first kappa shape index (κ1) is 11.8. The van der Waals surface area contributed by atoms with Gasteiger partial charge in [0.25, 0.3) is 10.2 Å². The predicted octanol–water partition coefficient (Wildman–Crippen LogP) is -1.56. The highest BCUT2D eigenvalue weighted by Gasteiger charge is 2.09. The molecule has 12 heavy (non-hydrogen) atoms. The van der Waals surface area contributed by atoms with Crippen LogP contribution in [0.4, 0.5) is 0 Å². The lowest BCUT2D eigenvalue weighted by atomic mass is 10.4. The maximum absolute atomic E-state index is 10.4. The zero-order chi connectivity index (χ0) is 9.61. The van der Waals surface area contributed by atoms with Crippen molar-refractivity contribution in [1.82, 2.24) is 4.72 Å². The molecular formula is C5H14N2O4S. The summed E-state index contributed by atoms with van der Waals surface area (Å²) in [6.45, 7) is 0.433. The highest BCUT2D eigenvalue weighted by Crippen LogP contribution is 1.88. The quantitative estimate of drug-likeness (QED) is 0.540. The molecule has 0 aromatic carbocycles. The van der Waals surface area contributed by atoms with Crippen LogP contribution in [0.15, 0.2) is 0 Å². The van der Waals surface area contributed by atoms with Gasteiger partial charge in [0, 0.05) is 20.8 Å². The van der Waals surface area contributed by atoms with E-state index in [4.69, 9.17) is 14.6 Å². The number of ether oxygens (including phenoxy) is 2. The van der Waals surface area contributed by atoms with E-state index in [0.29, 0.717) is 6.61 Å². The molecule has 0 aliphatic heterocycles. The van der Waals surface area contributed by atoms with E-state index in [1.807, 2.05) is 0 Å². The maximum atomic E-state index is 10.4. The monoisotopic (exact) mass is 198 g/mol. The van der Waals surface area contributed by atoms with E-state index in [9.17, 15) is 8.42 Å². The first-order valence-corrected chi connectivity index (χ1v) is 4.83. The van der Waals surface area contributed by atoms with Gasteiger partial charge in [0.05, 0.1) is 12.7 Å². The van der Waals surface area contributed by atoms with Gasteiger partial charge in [-0.1, -0.05) is 0 Å². The summed E-state index contributed by atoms with van der Waals surface area (Å²) in [5.74, 6) is 0. The fraction of sp³-hybridized carbons (Fsp3) is 1.00. The molecule has 0 aromatic rings. The normalized spacial score (nSPS) is 14.6. The molecular weight excluding hydrogens is 184 g/mol. The Hall–Kier alpha value is -0.210. The van der Waals surface area contributed by atoms with E-state index in [-0.39, 0.29) is 12.6 Å². The van der Waals surface area contributed by atoms with Crippen LogP contribution in [-0.4, -0.2) is 41.9 Å². The van der Waals surface area contributed by atoms with Crippen molar-refractivity contribution in [3.05, 3.63) is 0 Å². The summed E-state index contributed by atoms with van der Waals surface area (Å²) >= 11 is 0. The molecule has 74 valence electrons. The first-order valence-electron chi connectivity index (χ1n) is 3.28. The summed E-state index contributed by atoms with van der Waals surface area (Å²) in [4.78, 5) is 0. The molecule has 0 bridgehead atoms. The molecule has 0 fully saturated rings. The lowest BCUT2D eigenvalue weighted by molar-refractivity contribution is 0.0320. The minimum atomic E-state index is -3.63. The van der Waals surface area contributed by atoms with Crippen LogP contribution in [0.5, 0.6) is 0 Å². The third kappa shape index (κ3) is 6.50. The summed E-state index contributed by atoms with van der Waals surface area (Å²) < 4.78 is 32.6. The van der Waals surface area contributed by atoms with Gasteiger partial charge in [-0.05, 0) is 0 Å². The van der Waals surface area contributed by atoms with Crippen LogP contribution in [-0.2, 0) is 19.7 Å². The molecule has 0 amide bonds. The second-order valence-corrected chi connectivity index (χ2v) is 3.59. The Labute approximate surface area is 72.2 Å². The topological polar surface area (TPSA) is 90.6 Å². The molecule has 0 saturated carbocycles. The molecule has 0 rings (SSSR count). The molecule has 0 aliphatic carbocycles. The average Bonchev–Trinajstić information content (AvgIpc) is 1.96. The smallest absolute Gasteiger partial charge is 0.274 e. The van der Waals surface area contributed by atoms with Crippen molar-refractivity contribution < 1.29 is 17.9 Å². The van der Waals surface area contributed by atoms with E-state index < -0.39 is 10.2 Å². The first-order chi connectivity index (χ1) is 5.49. The van der Waals surface area contributed by atoms with Gasteiger partial charge in [-0.25, -0.2) is 5.14 Å². The van der Waals surface area contributed by atoms with E-state index in [0.717, 1.165) is 0 Å². The van der Waals surface area contributed by atoms with Gasteiger partial charge >= 0.3 is 0 Å². The second kappa shape index (κ2) is 5.44. The second-order valence-electron chi connectivity index (χ2n) is 2.21. The summed E-state index contributed by atoms with van der Waals surface area (Å²) in [5, 5.41) is 4.70. The third-order valence-electron chi connectivity index (χ3n) is 1.20. The third-order valence-corrected chi connectivity index (χ3v) is 1.77. The molecule has 1 unspecified atom stereocenters. The number of methoxy groups -OCH3 is 2. The van der Waals surface area contributed by atoms with Gasteiger partial charge in [0.15, 0.2) is 0 Å². The molecule has 6 nitrogen and oxygen atoms in total. The molecule has 0 aromatic heterocycles. The summed E-state index contributed by atoms with van der Waals surface area (Å²) in [6, 6.07) is 0. The van der Waals surface area contributed by atoms with Crippen LogP contribution in [0.25, 0.3) is 0 Å². The molecule has 3 N–H and O–H groups in total. The lowest BCUT2D eigenvalue weighted by Crippen LogP contribution is -2.39. The molecule has 0 radical (unpaired) electrons. The lowest BCUT2D eigenvalue weighted by Gasteiger charge is -2.13. The van der Waals surface area contributed by atoms with Gasteiger partial charge in [-0.2, -0.15) is 13.1 Å². The fourth-order valence-corrected chi connectivity index (χ4v) is 1.02. The number of hydrogen-bond donors (Lipinski definition) is 2. The van der Waals surface area contributed by atoms with Gasteiger partial charge in [-0.15, -0.1) is 0 Å². The van der Waals surface area contributed by atoms with Crippen molar-refractivity contribution in [2.45, 2.75) is 6.10 Å². The highest BCUT2D eigenvalue weighted by atomic mass is 32.2. The maximum Gasteiger partial charge on any atom is 0.274 e. The van der Waals surface area contributed by atoms with E-state index in [2.05, 4.69) is 4.72 Å².